The van der Waals surface area contributed by atoms with Gasteiger partial charge in [-0.3, -0.25) is 4.57 Å². The number of benzene rings is 1. The van der Waals surface area contributed by atoms with Crippen LogP contribution in [-0.2, 0) is 0 Å². The van der Waals surface area contributed by atoms with Crippen molar-refractivity contribution >= 4 is 22.6 Å². The molecule has 30 heavy (non-hydrogen) atoms. The lowest BCUT2D eigenvalue weighted by Crippen LogP contribution is -2.30. The topological polar surface area (TPSA) is 76.3 Å². The summed E-state index contributed by atoms with van der Waals surface area (Å²) in [4.78, 5) is 14.7. The quantitative estimate of drug-likeness (QED) is 0.490. The Hall–Kier alpha value is -3.00. The van der Waals surface area contributed by atoms with E-state index in [2.05, 4.69) is 15.0 Å². The van der Waals surface area contributed by atoms with Gasteiger partial charge in [0.2, 0.25) is 0 Å². The molecule has 0 saturated carbocycles. The van der Waals surface area contributed by atoms with Gasteiger partial charge >= 0.3 is 0 Å². The fourth-order valence-electron chi connectivity index (χ4n) is 3.34. The molecule has 0 aliphatic heterocycles. The third-order valence-electron chi connectivity index (χ3n) is 4.58. The fraction of sp³-hybridized carbons (Fsp3) is 0.227. The number of aliphatic hydroxyl groups excluding tert-OH is 1. The first kappa shape index (κ1) is 20.3. The molecule has 7 nitrogen and oxygen atoms in total. The van der Waals surface area contributed by atoms with Gasteiger partial charge in [-0.1, -0.05) is 11.6 Å². The highest BCUT2D eigenvalue weighted by Crippen LogP contribution is 2.32. The maximum Gasteiger partial charge on any atom is 0.145 e. The molecule has 1 aromatic carbocycles. The number of hydrogen-bond acceptors (Lipinski definition) is 6. The third kappa shape index (κ3) is 4.43. The Morgan fingerprint density at radius 2 is 1.83 bits per heavy atom. The maximum atomic E-state index is 9.98. The third-order valence-corrected chi connectivity index (χ3v) is 4.79. The zero-order valence-corrected chi connectivity index (χ0v) is 17.5. The van der Waals surface area contributed by atoms with Gasteiger partial charge in [-0.25, -0.2) is 15.0 Å². The molecule has 0 bridgehead atoms. The fourth-order valence-corrected chi connectivity index (χ4v) is 3.50. The Kier molecular flexibility index (Phi) is 5.94. The minimum absolute atomic E-state index is 0.238. The highest BCUT2D eigenvalue weighted by molar-refractivity contribution is 6.31. The van der Waals surface area contributed by atoms with Crippen LogP contribution in [0.5, 0.6) is 5.75 Å². The van der Waals surface area contributed by atoms with Crippen LogP contribution in [0.2, 0.25) is 5.02 Å². The molecule has 1 unspecified atom stereocenters. The normalized spacial score (nSPS) is 12.4. The summed E-state index contributed by atoms with van der Waals surface area (Å²) >= 11 is 6.15. The summed E-state index contributed by atoms with van der Waals surface area (Å²) in [5.41, 5.74) is 3.50. The Labute approximate surface area is 179 Å². The van der Waals surface area contributed by atoms with Gasteiger partial charge in [0.25, 0.3) is 0 Å². The second kappa shape index (κ2) is 8.79. The van der Waals surface area contributed by atoms with Crippen molar-refractivity contribution < 1.29 is 9.84 Å². The van der Waals surface area contributed by atoms with Crippen molar-refractivity contribution in [3.63, 3.8) is 0 Å². The first-order valence-corrected chi connectivity index (χ1v) is 9.87. The monoisotopic (exact) mass is 423 g/mol. The first-order chi connectivity index (χ1) is 14.5. The van der Waals surface area contributed by atoms with E-state index < -0.39 is 6.10 Å². The van der Waals surface area contributed by atoms with Crippen molar-refractivity contribution in [1.82, 2.24) is 24.4 Å². The van der Waals surface area contributed by atoms with Crippen molar-refractivity contribution in [3.8, 4) is 22.7 Å². The van der Waals surface area contributed by atoms with Crippen molar-refractivity contribution in [2.45, 2.75) is 6.10 Å². The molecule has 3 heterocycles. The molecule has 4 rings (SSSR count). The molecule has 8 heteroatoms. The summed E-state index contributed by atoms with van der Waals surface area (Å²) in [6.45, 7) is 0.786. The van der Waals surface area contributed by atoms with E-state index in [1.807, 2.05) is 60.0 Å². The molecular weight excluding hydrogens is 402 g/mol. The van der Waals surface area contributed by atoms with E-state index in [1.165, 1.54) is 6.33 Å². The smallest absolute Gasteiger partial charge is 0.145 e. The Morgan fingerprint density at radius 1 is 1.10 bits per heavy atom. The van der Waals surface area contributed by atoms with E-state index in [0.717, 1.165) is 28.0 Å². The average Bonchev–Trinajstić information content (AvgIpc) is 3.11. The van der Waals surface area contributed by atoms with Crippen LogP contribution in [0.4, 0.5) is 0 Å². The minimum atomic E-state index is -0.545. The minimum Gasteiger partial charge on any atom is -0.491 e. The zero-order chi connectivity index (χ0) is 21.1. The number of rotatable bonds is 7. The lowest BCUT2D eigenvalue weighted by atomic mass is 10.1. The zero-order valence-electron chi connectivity index (χ0n) is 16.7. The Morgan fingerprint density at radius 3 is 2.53 bits per heavy atom. The molecular formula is C22H22ClN5O2. The van der Waals surface area contributed by atoms with E-state index >= 15 is 0 Å². The number of likely N-dealkylation sites (N-methyl/N-ethyl adjacent to an activating group) is 1. The van der Waals surface area contributed by atoms with E-state index in [4.69, 9.17) is 16.3 Å². The summed E-state index contributed by atoms with van der Waals surface area (Å²) in [5, 5.41) is 11.5. The summed E-state index contributed by atoms with van der Waals surface area (Å²) < 4.78 is 7.72. The first-order valence-electron chi connectivity index (χ1n) is 9.49. The lowest BCUT2D eigenvalue weighted by Gasteiger charge is -2.16. The number of fused-ring (bicyclic) bond motifs is 1. The molecule has 0 amide bonds. The van der Waals surface area contributed by atoms with Crippen LogP contribution in [-0.4, -0.2) is 62.9 Å². The van der Waals surface area contributed by atoms with Gasteiger partial charge in [-0.2, -0.15) is 0 Å². The van der Waals surface area contributed by atoms with E-state index in [-0.39, 0.29) is 6.61 Å². The number of hydrogen-bond donors (Lipinski definition) is 1. The molecule has 154 valence electrons. The number of ether oxygens (including phenoxy) is 1. The maximum absolute atomic E-state index is 9.98. The van der Waals surface area contributed by atoms with E-state index in [0.29, 0.717) is 17.3 Å². The van der Waals surface area contributed by atoms with E-state index in [9.17, 15) is 5.11 Å². The van der Waals surface area contributed by atoms with Gasteiger partial charge in [-0.05, 0) is 56.1 Å². The summed E-state index contributed by atoms with van der Waals surface area (Å²) in [6, 6.07) is 11.7. The summed E-state index contributed by atoms with van der Waals surface area (Å²) in [6.07, 6.45) is 6.07. The van der Waals surface area contributed by atoms with Crippen molar-refractivity contribution in [2.24, 2.45) is 0 Å². The predicted molar refractivity (Wildman–Crippen MR) is 117 cm³/mol. The van der Waals surface area contributed by atoms with Crippen LogP contribution in [0.15, 0.2) is 61.3 Å². The average molecular weight is 424 g/mol. The van der Waals surface area contributed by atoms with E-state index in [1.54, 1.807) is 18.6 Å². The van der Waals surface area contributed by atoms with Crippen LogP contribution in [0, 0.1) is 0 Å². The molecule has 0 aliphatic carbocycles. The molecule has 1 N–H and O–H groups in total. The highest BCUT2D eigenvalue weighted by atomic mass is 35.5. The Balaban J connectivity index is 1.66. The van der Waals surface area contributed by atoms with Gasteiger partial charge in [0.05, 0.1) is 28.8 Å². The number of pyridine rings is 1. The molecule has 0 radical (unpaired) electrons. The van der Waals surface area contributed by atoms with Gasteiger partial charge in [0.1, 0.15) is 30.4 Å². The molecule has 3 aromatic heterocycles. The number of aliphatic hydroxyl groups is 1. The molecule has 0 fully saturated rings. The SMILES string of the molecule is CN(C)CC(O)COc1ccc(-c2cc3cc(Cl)cnc3n2-c2cncnc2)cc1. The number of nitrogens with zero attached hydrogens (tertiary/aromatic N) is 5. The van der Waals surface area contributed by atoms with Gasteiger partial charge in [0, 0.05) is 18.1 Å². The molecule has 0 spiro atoms. The summed E-state index contributed by atoms with van der Waals surface area (Å²) in [5.74, 6) is 0.698. The van der Waals surface area contributed by atoms with Gasteiger partial charge in [-0.15, -0.1) is 0 Å². The van der Waals surface area contributed by atoms with Crippen molar-refractivity contribution in [2.75, 3.05) is 27.2 Å². The molecule has 4 aromatic rings. The summed E-state index contributed by atoms with van der Waals surface area (Å²) in [7, 11) is 3.83. The standard InChI is InChI=1S/C22H22ClN5O2/c1-27(2)12-19(29)13-30-20-5-3-15(4-6-20)21-8-16-7-17(23)9-26-22(16)28(21)18-10-24-14-25-11-18/h3-11,14,19,29H,12-13H2,1-2H3. The second-order valence-electron chi connectivity index (χ2n) is 7.28. The number of aromatic nitrogens is 4. The van der Waals surface area contributed by atoms with Crippen LogP contribution in [0.1, 0.15) is 0 Å². The van der Waals surface area contributed by atoms with Crippen LogP contribution >= 0.6 is 11.6 Å². The molecule has 1 atom stereocenters. The van der Waals surface area contributed by atoms with Crippen molar-refractivity contribution in [1.29, 1.82) is 0 Å². The van der Waals surface area contributed by atoms with Gasteiger partial charge in [0.15, 0.2) is 0 Å². The lowest BCUT2D eigenvalue weighted by molar-refractivity contribution is 0.0831. The molecule has 0 saturated heterocycles. The highest BCUT2D eigenvalue weighted by Gasteiger charge is 2.15. The van der Waals surface area contributed by atoms with Crippen LogP contribution in [0.25, 0.3) is 28.0 Å². The molecule has 0 aliphatic rings. The number of halogens is 1. The Bertz CT molecular complexity index is 1130. The van der Waals surface area contributed by atoms with Crippen molar-refractivity contribution in [3.05, 3.63) is 66.3 Å². The second-order valence-corrected chi connectivity index (χ2v) is 7.72. The van der Waals surface area contributed by atoms with Crippen LogP contribution in [0.3, 0.4) is 0 Å². The predicted octanol–water partition coefficient (Wildman–Crippen LogP) is 3.44. The van der Waals surface area contributed by atoms with Crippen LogP contribution < -0.4 is 4.74 Å². The largest absolute Gasteiger partial charge is 0.491 e. The van der Waals surface area contributed by atoms with Gasteiger partial charge < -0.3 is 14.7 Å².